The number of hydrogen-bond acceptors (Lipinski definition) is 6. The number of aliphatic carboxylic acids is 2. The lowest BCUT2D eigenvalue weighted by atomic mass is 9.85. The van der Waals surface area contributed by atoms with Crippen LogP contribution < -0.4 is 4.90 Å². The highest BCUT2D eigenvalue weighted by molar-refractivity contribution is 7.09. The van der Waals surface area contributed by atoms with E-state index in [0.29, 0.717) is 25.9 Å². The second-order valence-electron chi connectivity index (χ2n) is 8.60. The molecule has 0 unspecified atom stereocenters. The highest BCUT2D eigenvalue weighted by atomic mass is 32.1. The molecule has 11 heteroatoms. The van der Waals surface area contributed by atoms with Crippen molar-refractivity contribution < 1.29 is 33.4 Å². The summed E-state index contributed by atoms with van der Waals surface area (Å²) in [4.78, 5) is 39.7. The number of carbonyl (C=O) groups excluding carboxylic acids is 1. The number of hydrogen-bond donors (Lipinski definition) is 2. The number of carboxylic acids is 2. The van der Waals surface area contributed by atoms with E-state index in [4.69, 9.17) is 24.8 Å². The molecule has 2 N–H and O–H groups in total. The first-order valence-electron chi connectivity index (χ1n) is 11.4. The largest absolute Gasteiger partial charge is 0.473 e. The number of nitrogens with zero attached hydrogens (tertiary/aromatic N) is 3. The molecule has 0 atom stereocenters. The van der Waals surface area contributed by atoms with Crippen LogP contribution >= 0.6 is 11.3 Å². The van der Waals surface area contributed by atoms with Gasteiger partial charge in [0.05, 0.1) is 0 Å². The molecule has 0 radical (unpaired) electrons. The van der Waals surface area contributed by atoms with Gasteiger partial charge in [-0.25, -0.2) is 23.4 Å². The van der Waals surface area contributed by atoms with Crippen LogP contribution in [0.2, 0.25) is 0 Å². The Labute approximate surface area is 216 Å². The number of rotatable bonds is 5. The van der Waals surface area contributed by atoms with Gasteiger partial charge in [0.1, 0.15) is 22.2 Å². The van der Waals surface area contributed by atoms with Crippen molar-refractivity contribution in [3.05, 3.63) is 81.8 Å². The first kappa shape index (κ1) is 27.9. The number of para-hydroxylation sites is 1. The van der Waals surface area contributed by atoms with Gasteiger partial charge in [0.25, 0.3) is 0 Å². The van der Waals surface area contributed by atoms with E-state index in [0.717, 1.165) is 16.4 Å². The van der Waals surface area contributed by atoms with Crippen LogP contribution in [-0.4, -0.2) is 51.0 Å². The Bertz CT molecular complexity index is 1230. The molecule has 1 aliphatic rings. The Morgan fingerprint density at radius 1 is 1.00 bits per heavy atom. The Balaban J connectivity index is 0.000000568. The molecule has 2 heterocycles. The van der Waals surface area contributed by atoms with Crippen LogP contribution in [0.25, 0.3) is 0 Å². The van der Waals surface area contributed by atoms with Gasteiger partial charge in [0.2, 0.25) is 5.91 Å². The van der Waals surface area contributed by atoms with E-state index < -0.39 is 29.1 Å². The van der Waals surface area contributed by atoms with E-state index in [-0.39, 0.29) is 18.0 Å². The molecule has 0 bridgehead atoms. The predicted octanol–water partition coefficient (Wildman–Crippen LogP) is 4.43. The van der Waals surface area contributed by atoms with E-state index in [1.165, 1.54) is 18.2 Å². The normalized spacial score (nSPS) is 14.8. The van der Waals surface area contributed by atoms with Gasteiger partial charge in [-0.1, -0.05) is 24.3 Å². The number of amides is 1. The lowest BCUT2D eigenvalue weighted by Gasteiger charge is -2.47. The summed E-state index contributed by atoms with van der Waals surface area (Å²) in [5.74, 6) is -4.75. The third-order valence-corrected chi connectivity index (χ3v) is 7.24. The minimum absolute atomic E-state index is 0.0485. The third-order valence-electron chi connectivity index (χ3n) is 6.08. The molecule has 0 spiro atoms. The number of piperidine rings is 1. The summed E-state index contributed by atoms with van der Waals surface area (Å²) >= 11 is 1.56. The topological polar surface area (TPSA) is 111 Å². The molecule has 37 heavy (non-hydrogen) atoms. The van der Waals surface area contributed by atoms with E-state index in [1.54, 1.807) is 18.3 Å². The highest BCUT2D eigenvalue weighted by Gasteiger charge is 2.46. The molecule has 1 aromatic heterocycles. The first-order valence-corrected chi connectivity index (χ1v) is 12.3. The zero-order chi connectivity index (χ0) is 27.2. The molecule has 3 aromatic rings. The predicted molar refractivity (Wildman–Crippen MR) is 134 cm³/mol. The Kier molecular flexibility index (Phi) is 9.06. The number of aryl methyl sites for hydroxylation is 1. The number of carboxylic acid groups (broad SMARTS) is 2. The van der Waals surface area contributed by atoms with Crippen LogP contribution in [-0.2, 0) is 26.5 Å². The number of thiazole rings is 1. The number of aromatic nitrogens is 1. The lowest BCUT2D eigenvalue weighted by Crippen LogP contribution is -2.55. The fraction of sp³-hybridized carbons (Fsp3) is 0.308. The van der Waals surface area contributed by atoms with Gasteiger partial charge in [-0.2, -0.15) is 0 Å². The molecule has 2 aromatic carbocycles. The summed E-state index contributed by atoms with van der Waals surface area (Å²) < 4.78 is 28.3. The second kappa shape index (κ2) is 12.0. The average molecular weight is 532 g/mol. The molecular weight excluding hydrogens is 504 g/mol. The van der Waals surface area contributed by atoms with Crippen LogP contribution in [0.3, 0.4) is 0 Å². The highest BCUT2D eigenvalue weighted by Crippen LogP contribution is 2.43. The number of carbonyl (C=O) groups is 3. The van der Waals surface area contributed by atoms with Crippen molar-refractivity contribution in [3.8, 4) is 0 Å². The molecule has 196 valence electrons. The Morgan fingerprint density at radius 3 is 2.03 bits per heavy atom. The summed E-state index contributed by atoms with van der Waals surface area (Å²) in [6.45, 7) is 4.93. The van der Waals surface area contributed by atoms with Crippen molar-refractivity contribution in [3.63, 3.8) is 0 Å². The van der Waals surface area contributed by atoms with E-state index in [1.807, 2.05) is 52.4 Å². The maximum Gasteiger partial charge on any atom is 0.414 e. The number of likely N-dealkylation sites (tertiary alicyclic amines) is 1. The van der Waals surface area contributed by atoms with Crippen LogP contribution in [0.4, 0.5) is 14.5 Å². The molecule has 1 aliphatic heterocycles. The molecule has 1 saturated heterocycles. The van der Waals surface area contributed by atoms with Crippen LogP contribution in [0.5, 0.6) is 0 Å². The lowest BCUT2D eigenvalue weighted by molar-refractivity contribution is -0.159. The van der Waals surface area contributed by atoms with Crippen molar-refractivity contribution in [2.75, 3.05) is 18.0 Å². The van der Waals surface area contributed by atoms with E-state index in [2.05, 4.69) is 0 Å². The Morgan fingerprint density at radius 2 is 1.57 bits per heavy atom. The molecule has 0 saturated carbocycles. The molecular formula is C26H27F2N3O5S. The van der Waals surface area contributed by atoms with Crippen molar-refractivity contribution in [2.45, 2.75) is 38.8 Å². The fourth-order valence-electron chi connectivity index (χ4n) is 4.40. The number of halogens is 2. The zero-order valence-electron chi connectivity index (χ0n) is 20.4. The summed E-state index contributed by atoms with van der Waals surface area (Å²) in [7, 11) is 0. The summed E-state index contributed by atoms with van der Waals surface area (Å²) in [6.07, 6.45) is 1.26. The van der Waals surface area contributed by atoms with Crippen molar-refractivity contribution in [2.24, 2.45) is 0 Å². The van der Waals surface area contributed by atoms with Gasteiger partial charge < -0.3 is 10.2 Å². The van der Waals surface area contributed by atoms with Gasteiger partial charge in [-0.3, -0.25) is 14.6 Å². The van der Waals surface area contributed by atoms with E-state index in [9.17, 15) is 13.6 Å². The SMILES string of the molecule is CC(=O)N(c1ccccc1)C1(c2nc(C)cs2)CCN(Cc2c(F)cccc2F)CC1.O=C(O)C(=O)O. The maximum absolute atomic E-state index is 14.2. The Hall–Kier alpha value is -3.70. The fourth-order valence-corrected chi connectivity index (χ4v) is 5.44. The zero-order valence-corrected chi connectivity index (χ0v) is 21.2. The molecule has 0 aliphatic carbocycles. The minimum Gasteiger partial charge on any atom is -0.473 e. The molecule has 8 nitrogen and oxygen atoms in total. The number of anilines is 1. The number of benzene rings is 2. The summed E-state index contributed by atoms with van der Waals surface area (Å²) in [5.41, 5.74) is 1.26. The first-order chi connectivity index (χ1) is 17.5. The average Bonchev–Trinajstić information content (AvgIpc) is 3.30. The van der Waals surface area contributed by atoms with Crippen molar-refractivity contribution in [1.82, 2.24) is 9.88 Å². The van der Waals surface area contributed by atoms with Crippen molar-refractivity contribution >= 4 is 34.9 Å². The molecule has 1 fully saturated rings. The summed E-state index contributed by atoms with van der Waals surface area (Å²) in [6, 6.07) is 13.6. The van der Waals surface area contributed by atoms with Gasteiger partial charge in [-0.05, 0) is 44.0 Å². The second-order valence-corrected chi connectivity index (χ2v) is 9.46. The molecule has 4 rings (SSSR count). The van der Waals surface area contributed by atoms with E-state index >= 15 is 0 Å². The molecule has 1 amide bonds. The van der Waals surface area contributed by atoms with Crippen LogP contribution in [0, 0.1) is 18.6 Å². The smallest absolute Gasteiger partial charge is 0.414 e. The monoisotopic (exact) mass is 531 g/mol. The summed E-state index contributed by atoms with van der Waals surface area (Å²) in [5, 5.41) is 17.7. The van der Waals surface area contributed by atoms with Gasteiger partial charge in [-0.15, -0.1) is 11.3 Å². The van der Waals surface area contributed by atoms with Gasteiger partial charge in [0.15, 0.2) is 0 Å². The van der Waals surface area contributed by atoms with Gasteiger partial charge in [0, 0.05) is 48.9 Å². The minimum atomic E-state index is -1.82. The standard InChI is InChI=1S/C24H25F2N3OS.C2H2O4/c1-17-16-31-23(27-17)24(29(18(2)30)19-7-4-3-5-8-19)11-13-28(14-12-24)15-20-21(25)9-6-10-22(20)26;3-1(4)2(5)6/h3-10,16H,11-15H2,1-2H3;(H,3,4)(H,5,6). The van der Waals surface area contributed by atoms with Crippen molar-refractivity contribution in [1.29, 1.82) is 0 Å². The van der Waals surface area contributed by atoms with Crippen LogP contribution in [0.1, 0.15) is 36.0 Å². The van der Waals surface area contributed by atoms with Crippen LogP contribution in [0.15, 0.2) is 53.9 Å². The van der Waals surface area contributed by atoms with Gasteiger partial charge >= 0.3 is 11.9 Å². The maximum atomic E-state index is 14.2. The third kappa shape index (κ3) is 6.55. The quantitative estimate of drug-likeness (QED) is 0.469.